The lowest BCUT2D eigenvalue weighted by atomic mass is 9.99. The third-order valence-electron chi connectivity index (χ3n) is 4.24. The smallest absolute Gasteiger partial charge is 0.126 e. The molecule has 1 rings (SSSR count). The molecule has 0 aromatic heterocycles. The van der Waals surface area contributed by atoms with Gasteiger partial charge in [-0.1, -0.05) is 76.8 Å². The molecule has 0 aliphatic heterocycles. The van der Waals surface area contributed by atoms with Crippen molar-refractivity contribution in [3.63, 3.8) is 0 Å². The second kappa shape index (κ2) is 10.8. The Hall–Kier alpha value is -0.890. The molecular weight excluding hydrogens is 261 g/mol. The van der Waals surface area contributed by atoms with Gasteiger partial charge in [0.2, 0.25) is 0 Å². The average molecular weight is 293 g/mol. The number of aryl methyl sites for hydroxylation is 1. The minimum Gasteiger partial charge on any atom is -0.324 e. The van der Waals surface area contributed by atoms with Gasteiger partial charge < -0.3 is 5.73 Å². The highest BCUT2D eigenvalue weighted by atomic mass is 19.1. The Morgan fingerprint density at radius 3 is 2.10 bits per heavy atom. The molecule has 0 fully saturated rings. The topological polar surface area (TPSA) is 26.0 Å². The zero-order chi connectivity index (χ0) is 15.5. The molecular formula is C19H32FN. The van der Waals surface area contributed by atoms with E-state index in [9.17, 15) is 4.39 Å². The number of hydrogen-bond acceptors (Lipinski definition) is 1. The number of unbranched alkanes of at least 4 members (excludes halogenated alkanes) is 8. The van der Waals surface area contributed by atoms with Crippen LogP contribution < -0.4 is 5.73 Å². The van der Waals surface area contributed by atoms with Crippen molar-refractivity contribution in [3.8, 4) is 0 Å². The van der Waals surface area contributed by atoms with Crippen LogP contribution in [0.5, 0.6) is 0 Å². The molecule has 0 aliphatic carbocycles. The first kappa shape index (κ1) is 18.2. The van der Waals surface area contributed by atoms with Crippen LogP contribution in [0, 0.1) is 12.7 Å². The van der Waals surface area contributed by atoms with Crippen LogP contribution in [0.4, 0.5) is 4.39 Å². The maximum Gasteiger partial charge on any atom is 0.126 e. The van der Waals surface area contributed by atoms with E-state index >= 15 is 0 Å². The number of benzene rings is 1. The van der Waals surface area contributed by atoms with Gasteiger partial charge >= 0.3 is 0 Å². The van der Waals surface area contributed by atoms with Gasteiger partial charge in [0.25, 0.3) is 0 Å². The Labute approximate surface area is 130 Å². The van der Waals surface area contributed by atoms with Crippen molar-refractivity contribution in [3.05, 3.63) is 35.1 Å². The normalized spacial score (nSPS) is 12.6. The van der Waals surface area contributed by atoms with E-state index in [4.69, 9.17) is 5.73 Å². The van der Waals surface area contributed by atoms with Crippen LogP contribution in [-0.4, -0.2) is 0 Å². The van der Waals surface area contributed by atoms with Crippen molar-refractivity contribution >= 4 is 0 Å². The molecule has 1 nitrogen and oxygen atoms in total. The molecule has 1 aromatic rings. The molecule has 0 saturated heterocycles. The predicted molar refractivity (Wildman–Crippen MR) is 89.9 cm³/mol. The van der Waals surface area contributed by atoms with Gasteiger partial charge in [-0.15, -0.1) is 0 Å². The summed E-state index contributed by atoms with van der Waals surface area (Å²) >= 11 is 0. The maximum absolute atomic E-state index is 13.5. The molecule has 2 N–H and O–H groups in total. The first-order valence-corrected chi connectivity index (χ1v) is 8.66. The van der Waals surface area contributed by atoms with Gasteiger partial charge in [-0.05, 0) is 30.5 Å². The lowest BCUT2D eigenvalue weighted by Gasteiger charge is -2.12. The van der Waals surface area contributed by atoms with Crippen LogP contribution in [0.3, 0.4) is 0 Å². The van der Waals surface area contributed by atoms with Crippen LogP contribution >= 0.6 is 0 Å². The molecule has 0 bridgehead atoms. The molecule has 0 aliphatic rings. The van der Waals surface area contributed by atoms with Gasteiger partial charge in [-0.3, -0.25) is 0 Å². The number of rotatable bonds is 11. The largest absolute Gasteiger partial charge is 0.324 e. The molecule has 1 unspecified atom stereocenters. The molecule has 0 radical (unpaired) electrons. The second-order valence-corrected chi connectivity index (χ2v) is 6.23. The van der Waals surface area contributed by atoms with E-state index in [2.05, 4.69) is 6.92 Å². The zero-order valence-corrected chi connectivity index (χ0v) is 13.8. The summed E-state index contributed by atoms with van der Waals surface area (Å²) < 4.78 is 13.5. The van der Waals surface area contributed by atoms with Crippen molar-refractivity contribution in [2.24, 2.45) is 5.73 Å². The molecule has 1 atom stereocenters. The average Bonchev–Trinajstić information content (AvgIpc) is 2.48. The maximum atomic E-state index is 13.5. The van der Waals surface area contributed by atoms with Crippen LogP contribution in [0.15, 0.2) is 18.2 Å². The van der Waals surface area contributed by atoms with Gasteiger partial charge in [0.1, 0.15) is 5.82 Å². The van der Waals surface area contributed by atoms with Crippen LogP contribution in [0.2, 0.25) is 0 Å². The number of nitrogens with two attached hydrogens (primary N) is 1. The monoisotopic (exact) mass is 293 g/mol. The first-order valence-electron chi connectivity index (χ1n) is 8.66. The molecule has 0 spiro atoms. The Morgan fingerprint density at radius 2 is 1.52 bits per heavy atom. The summed E-state index contributed by atoms with van der Waals surface area (Å²) in [5.74, 6) is -0.143. The molecule has 1 aromatic carbocycles. The first-order chi connectivity index (χ1) is 10.1. The molecule has 0 saturated carbocycles. The van der Waals surface area contributed by atoms with Crippen molar-refractivity contribution in [2.75, 3.05) is 0 Å². The Bertz CT molecular complexity index is 389. The van der Waals surface area contributed by atoms with Crippen LogP contribution in [0.25, 0.3) is 0 Å². The molecule has 120 valence electrons. The lowest BCUT2D eigenvalue weighted by molar-refractivity contribution is 0.530. The van der Waals surface area contributed by atoms with Crippen LogP contribution in [0.1, 0.15) is 88.3 Å². The van der Waals surface area contributed by atoms with E-state index < -0.39 is 0 Å². The summed E-state index contributed by atoms with van der Waals surface area (Å²) in [6.07, 6.45) is 12.8. The minimum absolute atomic E-state index is 0.0235. The minimum atomic E-state index is -0.143. The Kier molecular flexibility index (Phi) is 9.32. The Balaban J connectivity index is 2.08. The van der Waals surface area contributed by atoms with E-state index in [1.165, 1.54) is 51.4 Å². The highest BCUT2D eigenvalue weighted by molar-refractivity contribution is 5.25. The third-order valence-corrected chi connectivity index (χ3v) is 4.24. The number of halogens is 1. The predicted octanol–water partition coefficient (Wildman–Crippen LogP) is 6.05. The third kappa shape index (κ3) is 7.61. The fourth-order valence-corrected chi connectivity index (χ4v) is 2.68. The van der Waals surface area contributed by atoms with Crippen molar-refractivity contribution in [2.45, 2.75) is 84.1 Å². The van der Waals surface area contributed by atoms with Gasteiger partial charge in [0.15, 0.2) is 0 Å². The quantitative estimate of drug-likeness (QED) is 0.493. The summed E-state index contributed by atoms with van der Waals surface area (Å²) in [6, 6.07) is 5.34. The highest BCUT2D eigenvalue weighted by Gasteiger charge is 2.07. The standard InChI is InChI=1S/C19H32FN/c1-3-4-5-6-7-8-9-10-11-12-19(21)17-14-13-16(2)18(20)15-17/h13-15,19H,3-12,21H2,1-2H3. The van der Waals surface area contributed by atoms with Crippen molar-refractivity contribution in [1.82, 2.24) is 0 Å². The van der Waals surface area contributed by atoms with Crippen molar-refractivity contribution in [1.29, 1.82) is 0 Å². The van der Waals surface area contributed by atoms with Gasteiger partial charge in [-0.25, -0.2) is 4.39 Å². The second-order valence-electron chi connectivity index (χ2n) is 6.23. The molecule has 0 amide bonds. The SMILES string of the molecule is CCCCCCCCCCCC(N)c1ccc(C)c(F)c1. The fourth-order valence-electron chi connectivity index (χ4n) is 2.68. The molecule has 2 heteroatoms. The summed E-state index contributed by atoms with van der Waals surface area (Å²) in [5.41, 5.74) is 7.76. The summed E-state index contributed by atoms with van der Waals surface area (Å²) in [4.78, 5) is 0. The van der Waals surface area contributed by atoms with E-state index in [1.54, 1.807) is 13.0 Å². The van der Waals surface area contributed by atoms with E-state index in [0.717, 1.165) is 18.4 Å². The number of hydrogen-bond donors (Lipinski definition) is 1. The molecule has 21 heavy (non-hydrogen) atoms. The van der Waals surface area contributed by atoms with Gasteiger partial charge in [0.05, 0.1) is 0 Å². The highest BCUT2D eigenvalue weighted by Crippen LogP contribution is 2.20. The summed E-state index contributed by atoms with van der Waals surface area (Å²) in [7, 11) is 0. The fraction of sp³-hybridized carbons (Fsp3) is 0.684. The van der Waals surface area contributed by atoms with Gasteiger partial charge in [-0.2, -0.15) is 0 Å². The summed E-state index contributed by atoms with van der Waals surface area (Å²) in [5, 5.41) is 0. The van der Waals surface area contributed by atoms with E-state index in [-0.39, 0.29) is 11.9 Å². The van der Waals surface area contributed by atoms with Crippen molar-refractivity contribution < 1.29 is 4.39 Å². The zero-order valence-electron chi connectivity index (χ0n) is 13.8. The van der Waals surface area contributed by atoms with Crippen LogP contribution in [-0.2, 0) is 0 Å². The van der Waals surface area contributed by atoms with E-state index in [1.807, 2.05) is 12.1 Å². The summed E-state index contributed by atoms with van der Waals surface area (Å²) in [6.45, 7) is 4.04. The lowest BCUT2D eigenvalue weighted by Crippen LogP contribution is -2.10. The van der Waals surface area contributed by atoms with E-state index in [0.29, 0.717) is 5.56 Å². The van der Waals surface area contributed by atoms with Gasteiger partial charge in [0, 0.05) is 6.04 Å². The Morgan fingerprint density at radius 1 is 0.952 bits per heavy atom. The molecule has 0 heterocycles.